The Balaban J connectivity index is 1.35. The Labute approximate surface area is 192 Å². The lowest BCUT2D eigenvalue weighted by molar-refractivity contribution is 0.0542. The molecule has 0 bridgehead atoms. The highest BCUT2D eigenvalue weighted by atomic mass is 16.5. The molecule has 0 unspecified atom stereocenters. The van der Waals surface area contributed by atoms with E-state index >= 15 is 0 Å². The zero-order valence-corrected chi connectivity index (χ0v) is 19.1. The van der Waals surface area contributed by atoms with Gasteiger partial charge >= 0.3 is 0 Å². The summed E-state index contributed by atoms with van der Waals surface area (Å²) >= 11 is 0. The second kappa shape index (κ2) is 11.4. The van der Waals surface area contributed by atoms with E-state index in [0.29, 0.717) is 12.5 Å². The van der Waals surface area contributed by atoms with Crippen LogP contribution in [0.25, 0.3) is 0 Å². The number of aromatic nitrogens is 1. The van der Waals surface area contributed by atoms with E-state index in [9.17, 15) is 0 Å². The fourth-order valence-electron chi connectivity index (χ4n) is 4.78. The molecule has 3 heterocycles. The predicted molar refractivity (Wildman–Crippen MR) is 131 cm³/mol. The van der Waals surface area contributed by atoms with Gasteiger partial charge in [0.2, 0.25) is 5.88 Å². The molecular weight excluding hydrogens is 400 g/mol. The summed E-state index contributed by atoms with van der Waals surface area (Å²) in [6.45, 7) is 10.3. The van der Waals surface area contributed by atoms with Crippen LogP contribution in [0.2, 0.25) is 0 Å². The van der Waals surface area contributed by atoms with Crippen molar-refractivity contribution in [2.24, 2.45) is 4.99 Å². The Morgan fingerprint density at radius 1 is 1.09 bits per heavy atom. The maximum absolute atomic E-state index is 5.93. The number of piperidine rings is 1. The van der Waals surface area contributed by atoms with E-state index in [2.05, 4.69) is 39.0 Å². The third-order valence-corrected chi connectivity index (χ3v) is 6.81. The number of aliphatic imine (C=N–C) groups is 1. The van der Waals surface area contributed by atoms with Crippen molar-refractivity contribution < 1.29 is 9.47 Å². The van der Waals surface area contributed by atoms with Gasteiger partial charge in [-0.1, -0.05) is 24.6 Å². The molecule has 0 atom stereocenters. The van der Waals surface area contributed by atoms with Crippen LogP contribution in [0.5, 0.6) is 5.88 Å². The van der Waals surface area contributed by atoms with Crippen LogP contribution in [0.4, 0.5) is 11.4 Å². The van der Waals surface area contributed by atoms with Crippen molar-refractivity contribution >= 4 is 18.1 Å². The summed E-state index contributed by atoms with van der Waals surface area (Å²) in [5.41, 5.74) is 3.10. The van der Waals surface area contributed by atoms with E-state index in [4.69, 9.17) is 9.47 Å². The van der Waals surface area contributed by atoms with Crippen molar-refractivity contribution in [3.63, 3.8) is 0 Å². The summed E-state index contributed by atoms with van der Waals surface area (Å²) in [6, 6.07) is 12.2. The number of hydrogen-bond acceptors (Lipinski definition) is 6. The van der Waals surface area contributed by atoms with Gasteiger partial charge in [-0.05, 0) is 69.6 Å². The molecule has 4 rings (SSSR count). The minimum absolute atomic E-state index is 0.0215. The molecule has 0 aliphatic carbocycles. The second-order valence-electron chi connectivity index (χ2n) is 8.91. The number of anilines is 1. The third kappa shape index (κ3) is 5.87. The molecule has 0 amide bonds. The van der Waals surface area contributed by atoms with Gasteiger partial charge in [0.05, 0.1) is 18.0 Å². The zero-order chi connectivity index (χ0) is 22.1. The first-order chi connectivity index (χ1) is 15.8. The summed E-state index contributed by atoms with van der Waals surface area (Å²) in [5, 5.41) is 3.61. The van der Waals surface area contributed by atoms with Crippen LogP contribution in [-0.4, -0.2) is 62.6 Å². The van der Waals surface area contributed by atoms with E-state index in [1.165, 1.54) is 37.9 Å². The van der Waals surface area contributed by atoms with E-state index < -0.39 is 0 Å². The molecule has 2 aromatic rings. The maximum atomic E-state index is 5.93. The van der Waals surface area contributed by atoms with Gasteiger partial charge in [-0.3, -0.25) is 4.99 Å². The van der Waals surface area contributed by atoms with Gasteiger partial charge in [0.25, 0.3) is 0 Å². The molecule has 2 saturated heterocycles. The smallest absolute Gasteiger partial charge is 0.213 e. The first-order valence-corrected chi connectivity index (χ1v) is 12.0. The Morgan fingerprint density at radius 3 is 2.66 bits per heavy atom. The molecule has 1 aromatic carbocycles. The standard InChI is InChI=1S/C26H36N4O2/c1-27-23-8-3-4-9-24(23)29-21-26(12-18-31-19-13-26)22-10-11-25(28-20-22)32-17-7-16-30-14-5-2-6-15-30/h3-4,8-11,20,29H,1-2,5-7,12-19,21H2. The highest BCUT2D eigenvalue weighted by molar-refractivity contribution is 5.67. The number of nitrogens with one attached hydrogen (secondary N) is 1. The Kier molecular flexibility index (Phi) is 8.13. The number of pyridine rings is 1. The number of benzene rings is 1. The van der Waals surface area contributed by atoms with Crippen molar-refractivity contribution in [2.75, 3.05) is 51.3 Å². The average molecular weight is 437 g/mol. The van der Waals surface area contributed by atoms with Crippen LogP contribution in [0, 0.1) is 0 Å². The summed E-state index contributed by atoms with van der Waals surface area (Å²) in [4.78, 5) is 11.3. The van der Waals surface area contributed by atoms with Gasteiger partial charge in [0.15, 0.2) is 0 Å². The van der Waals surface area contributed by atoms with E-state index in [1.54, 1.807) is 0 Å². The Morgan fingerprint density at radius 2 is 1.91 bits per heavy atom. The molecule has 172 valence electrons. The first kappa shape index (κ1) is 22.7. The molecule has 32 heavy (non-hydrogen) atoms. The lowest BCUT2D eigenvalue weighted by Crippen LogP contribution is -2.40. The van der Waals surface area contributed by atoms with Crippen LogP contribution in [0.15, 0.2) is 47.6 Å². The molecule has 0 radical (unpaired) electrons. The van der Waals surface area contributed by atoms with E-state index in [-0.39, 0.29) is 5.41 Å². The lowest BCUT2D eigenvalue weighted by atomic mass is 9.74. The molecule has 6 nitrogen and oxygen atoms in total. The highest BCUT2D eigenvalue weighted by Gasteiger charge is 2.35. The fourth-order valence-corrected chi connectivity index (χ4v) is 4.78. The second-order valence-corrected chi connectivity index (χ2v) is 8.91. The topological polar surface area (TPSA) is 59.0 Å². The summed E-state index contributed by atoms with van der Waals surface area (Å²) in [7, 11) is 0. The van der Waals surface area contributed by atoms with Crippen LogP contribution in [0.3, 0.4) is 0 Å². The van der Waals surface area contributed by atoms with Crippen molar-refractivity contribution in [2.45, 2.75) is 43.9 Å². The monoisotopic (exact) mass is 436 g/mol. The molecule has 0 spiro atoms. The summed E-state index contributed by atoms with van der Waals surface area (Å²) in [6.07, 6.45) is 9.01. The largest absolute Gasteiger partial charge is 0.478 e. The fraction of sp³-hybridized carbons (Fsp3) is 0.538. The zero-order valence-electron chi connectivity index (χ0n) is 19.1. The van der Waals surface area contributed by atoms with Crippen molar-refractivity contribution in [1.29, 1.82) is 0 Å². The number of likely N-dealkylation sites (tertiary alicyclic amines) is 1. The summed E-state index contributed by atoms with van der Waals surface area (Å²) in [5.74, 6) is 0.712. The molecule has 2 fully saturated rings. The van der Waals surface area contributed by atoms with Crippen LogP contribution < -0.4 is 10.1 Å². The predicted octanol–water partition coefficient (Wildman–Crippen LogP) is 4.83. The van der Waals surface area contributed by atoms with Crippen LogP contribution in [-0.2, 0) is 10.2 Å². The van der Waals surface area contributed by atoms with Crippen LogP contribution >= 0.6 is 0 Å². The molecule has 0 saturated carbocycles. The van der Waals surface area contributed by atoms with Crippen molar-refractivity contribution in [1.82, 2.24) is 9.88 Å². The Hall–Kier alpha value is -2.44. The minimum atomic E-state index is -0.0215. The quantitative estimate of drug-likeness (QED) is 0.427. The molecule has 2 aliphatic heterocycles. The number of nitrogens with zero attached hydrogens (tertiary/aromatic N) is 3. The molecule has 1 N–H and O–H groups in total. The molecule has 1 aromatic heterocycles. The SMILES string of the molecule is C=Nc1ccccc1NCC1(c2ccc(OCCCN3CCCCC3)nc2)CCOCC1. The van der Waals surface area contributed by atoms with Crippen molar-refractivity contribution in [3.8, 4) is 5.88 Å². The molecule has 6 heteroatoms. The summed E-state index contributed by atoms with van der Waals surface area (Å²) < 4.78 is 11.6. The number of hydrogen-bond donors (Lipinski definition) is 1. The third-order valence-electron chi connectivity index (χ3n) is 6.81. The number of para-hydroxylation sites is 2. The van der Waals surface area contributed by atoms with Gasteiger partial charge < -0.3 is 19.7 Å². The van der Waals surface area contributed by atoms with Gasteiger partial charge in [-0.2, -0.15) is 0 Å². The Bertz CT molecular complexity index is 843. The van der Waals surface area contributed by atoms with E-state index in [1.807, 2.05) is 30.5 Å². The number of ether oxygens (including phenoxy) is 2. The van der Waals surface area contributed by atoms with Gasteiger partial charge in [0, 0.05) is 44.0 Å². The molecule has 2 aliphatic rings. The van der Waals surface area contributed by atoms with E-state index in [0.717, 1.165) is 56.9 Å². The minimum Gasteiger partial charge on any atom is -0.478 e. The van der Waals surface area contributed by atoms with Crippen LogP contribution in [0.1, 0.15) is 44.1 Å². The van der Waals surface area contributed by atoms with Gasteiger partial charge in [-0.25, -0.2) is 4.98 Å². The van der Waals surface area contributed by atoms with Crippen molar-refractivity contribution in [3.05, 3.63) is 48.2 Å². The first-order valence-electron chi connectivity index (χ1n) is 12.0. The average Bonchev–Trinajstić information content (AvgIpc) is 2.87. The normalized spacial score (nSPS) is 18.8. The molecular formula is C26H36N4O2. The number of rotatable bonds is 10. The van der Waals surface area contributed by atoms with Gasteiger partial charge in [-0.15, -0.1) is 0 Å². The van der Waals surface area contributed by atoms with Gasteiger partial charge in [0.1, 0.15) is 0 Å². The lowest BCUT2D eigenvalue weighted by Gasteiger charge is -2.38. The highest BCUT2D eigenvalue weighted by Crippen LogP contribution is 2.36. The maximum Gasteiger partial charge on any atom is 0.213 e.